The molecule has 176 valence electrons. The van der Waals surface area contributed by atoms with Crippen LogP contribution < -0.4 is 0 Å². The summed E-state index contributed by atoms with van der Waals surface area (Å²) < 4.78 is 0. The van der Waals surface area contributed by atoms with E-state index in [1.54, 1.807) is 0 Å². The zero-order chi connectivity index (χ0) is 25.0. The maximum Gasteiger partial charge on any atom is 0.164 e. The zero-order valence-corrected chi connectivity index (χ0v) is 20.4. The largest absolute Gasteiger partial charge is 0.253 e. The Morgan fingerprint density at radius 1 is 0.324 bits per heavy atom. The predicted molar refractivity (Wildman–Crippen MR) is 150 cm³/mol. The van der Waals surface area contributed by atoms with Gasteiger partial charge in [-0.05, 0) is 30.2 Å². The summed E-state index contributed by atoms with van der Waals surface area (Å²) >= 11 is 0. The van der Waals surface area contributed by atoms with Crippen molar-refractivity contribution in [1.82, 2.24) is 19.9 Å². The van der Waals surface area contributed by atoms with Crippen LogP contribution in [-0.4, -0.2) is 19.9 Å². The van der Waals surface area contributed by atoms with Gasteiger partial charge >= 0.3 is 0 Å². The highest BCUT2D eigenvalue weighted by molar-refractivity contribution is 5.72. The summed E-state index contributed by atoms with van der Waals surface area (Å²) in [5.74, 6) is 1.97. The van der Waals surface area contributed by atoms with E-state index in [1.807, 2.05) is 85.8 Å². The molecule has 0 atom stereocenters. The van der Waals surface area contributed by atoms with Crippen LogP contribution in [0.1, 0.15) is 5.69 Å². The topological polar surface area (TPSA) is 51.6 Å². The first-order valence-corrected chi connectivity index (χ1v) is 12.2. The second-order valence-electron chi connectivity index (χ2n) is 8.86. The highest BCUT2D eigenvalue weighted by Crippen LogP contribution is 2.28. The molecule has 0 radical (unpaired) electrons. The predicted octanol–water partition coefficient (Wildman–Crippen LogP) is 7.91. The van der Waals surface area contributed by atoms with Crippen molar-refractivity contribution in [1.29, 1.82) is 0 Å². The molecule has 0 bridgehead atoms. The van der Waals surface area contributed by atoms with Gasteiger partial charge in [0, 0.05) is 27.9 Å². The van der Waals surface area contributed by atoms with Gasteiger partial charge < -0.3 is 0 Å². The molecular formula is C33H24N4. The van der Waals surface area contributed by atoms with Gasteiger partial charge in [-0.25, -0.2) is 15.0 Å². The van der Waals surface area contributed by atoms with Crippen LogP contribution in [0.25, 0.3) is 56.5 Å². The van der Waals surface area contributed by atoms with Gasteiger partial charge in [0.2, 0.25) is 0 Å². The average Bonchev–Trinajstić information content (AvgIpc) is 2.98. The fraction of sp³-hybridized carbons (Fsp3) is 0.0303. The summed E-state index contributed by atoms with van der Waals surface area (Å²) in [4.78, 5) is 19.1. The SMILES string of the molecule is Cc1cccc(-c2ccc(-c3ccc(-c4nc(-c5ccccc5)nc(-c5ccccc5)n4)cc3)cc2)n1. The van der Waals surface area contributed by atoms with Crippen LogP contribution in [0.15, 0.2) is 127 Å². The molecule has 0 amide bonds. The van der Waals surface area contributed by atoms with Crippen molar-refractivity contribution < 1.29 is 0 Å². The van der Waals surface area contributed by atoms with Gasteiger partial charge in [0.15, 0.2) is 17.5 Å². The lowest BCUT2D eigenvalue weighted by Gasteiger charge is -2.09. The standard InChI is InChI=1S/C33H24N4/c1-23-9-8-14-30(34-23)26-19-15-24(16-20-26)25-17-21-29(22-18-25)33-36-31(27-10-4-2-5-11-27)35-32(37-33)28-12-6-3-7-13-28/h2-22H,1H3. The van der Waals surface area contributed by atoms with Crippen LogP contribution in [0, 0.1) is 6.92 Å². The third-order valence-corrected chi connectivity index (χ3v) is 6.24. The van der Waals surface area contributed by atoms with E-state index >= 15 is 0 Å². The fourth-order valence-electron chi connectivity index (χ4n) is 4.29. The Balaban J connectivity index is 1.34. The van der Waals surface area contributed by atoms with Crippen LogP contribution in [-0.2, 0) is 0 Å². The maximum atomic E-state index is 4.82. The molecule has 4 aromatic carbocycles. The third-order valence-electron chi connectivity index (χ3n) is 6.24. The van der Waals surface area contributed by atoms with Crippen molar-refractivity contribution in [2.75, 3.05) is 0 Å². The van der Waals surface area contributed by atoms with Crippen LogP contribution in [0.5, 0.6) is 0 Å². The molecular weight excluding hydrogens is 452 g/mol. The third kappa shape index (κ3) is 4.91. The number of pyridine rings is 1. The zero-order valence-electron chi connectivity index (χ0n) is 20.4. The van der Waals surface area contributed by atoms with E-state index in [0.717, 1.165) is 44.8 Å². The molecule has 0 saturated heterocycles. The van der Waals surface area contributed by atoms with Crippen molar-refractivity contribution in [2.45, 2.75) is 6.92 Å². The van der Waals surface area contributed by atoms with E-state index in [2.05, 4.69) is 53.5 Å². The highest BCUT2D eigenvalue weighted by atomic mass is 15.0. The molecule has 0 unspecified atom stereocenters. The Kier molecular flexibility index (Phi) is 6.05. The van der Waals surface area contributed by atoms with Crippen LogP contribution in [0.3, 0.4) is 0 Å². The molecule has 2 heterocycles. The number of hydrogen-bond donors (Lipinski definition) is 0. The minimum absolute atomic E-state index is 0.653. The van der Waals surface area contributed by atoms with Gasteiger partial charge in [0.05, 0.1) is 5.69 Å². The van der Waals surface area contributed by atoms with E-state index in [9.17, 15) is 0 Å². The average molecular weight is 477 g/mol. The fourth-order valence-corrected chi connectivity index (χ4v) is 4.29. The lowest BCUT2D eigenvalue weighted by molar-refractivity contribution is 1.07. The van der Waals surface area contributed by atoms with Crippen molar-refractivity contribution >= 4 is 0 Å². The van der Waals surface area contributed by atoms with Crippen LogP contribution >= 0.6 is 0 Å². The number of aryl methyl sites for hydroxylation is 1. The van der Waals surface area contributed by atoms with Crippen molar-refractivity contribution in [2.24, 2.45) is 0 Å². The number of aromatic nitrogens is 4. The first-order valence-electron chi connectivity index (χ1n) is 12.2. The van der Waals surface area contributed by atoms with Crippen molar-refractivity contribution in [3.63, 3.8) is 0 Å². The molecule has 0 aliphatic heterocycles. The molecule has 2 aromatic heterocycles. The summed E-state index contributed by atoms with van der Waals surface area (Å²) in [5.41, 5.74) is 8.26. The molecule has 0 N–H and O–H groups in total. The van der Waals surface area contributed by atoms with Gasteiger partial charge in [-0.2, -0.15) is 0 Å². The van der Waals surface area contributed by atoms with E-state index in [-0.39, 0.29) is 0 Å². The normalized spacial score (nSPS) is 10.8. The number of nitrogens with zero attached hydrogens (tertiary/aromatic N) is 4. The second kappa shape index (κ2) is 9.96. The molecule has 0 aliphatic rings. The van der Waals surface area contributed by atoms with Crippen LogP contribution in [0.4, 0.5) is 0 Å². The Labute approximate surface area is 216 Å². The number of benzene rings is 4. The van der Waals surface area contributed by atoms with Crippen molar-refractivity contribution in [3.8, 4) is 56.5 Å². The van der Waals surface area contributed by atoms with Gasteiger partial charge in [-0.3, -0.25) is 4.98 Å². The van der Waals surface area contributed by atoms with E-state index in [4.69, 9.17) is 15.0 Å². The minimum Gasteiger partial charge on any atom is -0.253 e. The lowest BCUT2D eigenvalue weighted by Crippen LogP contribution is -2.00. The Morgan fingerprint density at radius 2 is 0.730 bits per heavy atom. The molecule has 6 rings (SSSR count). The molecule has 4 heteroatoms. The second-order valence-corrected chi connectivity index (χ2v) is 8.86. The summed E-state index contributed by atoms with van der Waals surface area (Å²) in [6.07, 6.45) is 0. The Hall–Kier alpha value is -4.96. The first-order chi connectivity index (χ1) is 18.2. The molecule has 4 nitrogen and oxygen atoms in total. The van der Waals surface area contributed by atoms with Crippen LogP contribution in [0.2, 0.25) is 0 Å². The van der Waals surface area contributed by atoms with Gasteiger partial charge in [0.1, 0.15) is 0 Å². The van der Waals surface area contributed by atoms with Crippen molar-refractivity contribution in [3.05, 3.63) is 133 Å². The first kappa shape index (κ1) is 22.5. The van der Waals surface area contributed by atoms with E-state index in [1.165, 1.54) is 0 Å². The maximum absolute atomic E-state index is 4.82. The Morgan fingerprint density at radius 3 is 1.19 bits per heavy atom. The quantitative estimate of drug-likeness (QED) is 0.254. The number of hydrogen-bond acceptors (Lipinski definition) is 4. The van der Waals surface area contributed by atoms with Gasteiger partial charge in [-0.15, -0.1) is 0 Å². The summed E-state index contributed by atoms with van der Waals surface area (Å²) in [7, 11) is 0. The summed E-state index contributed by atoms with van der Waals surface area (Å²) in [6, 6.07) is 43.0. The smallest absolute Gasteiger partial charge is 0.164 e. The molecule has 6 aromatic rings. The minimum atomic E-state index is 0.653. The van der Waals surface area contributed by atoms with Gasteiger partial charge in [-0.1, -0.05) is 115 Å². The van der Waals surface area contributed by atoms with E-state index < -0.39 is 0 Å². The van der Waals surface area contributed by atoms with Gasteiger partial charge in [0.25, 0.3) is 0 Å². The molecule has 0 saturated carbocycles. The highest BCUT2D eigenvalue weighted by Gasteiger charge is 2.12. The molecule has 37 heavy (non-hydrogen) atoms. The molecule has 0 fully saturated rings. The summed E-state index contributed by atoms with van der Waals surface area (Å²) in [5, 5.41) is 0. The number of rotatable bonds is 5. The summed E-state index contributed by atoms with van der Waals surface area (Å²) in [6.45, 7) is 2.01. The lowest BCUT2D eigenvalue weighted by atomic mass is 10.0. The Bertz CT molecular complexity index is 1590. The molecule has 0 spiro atoms. The molecule has 0 aliphatic carbocycles. The van der Waals surface area contributed by atoms with E-state index in [0.29, 0.717) is 17.5 Å². The monoisotopic (exact) mass is 476 g/mol.